The summed E-state index contributed by atoms with van der Waals surface area (Å²) in [5, 5.41) is 0. The number of hydrogen-bond donors (Lipinski definition) is 1. The van der Waals surface area contributed by atoms with Crippen molar-refractivity contribution in [3.05, 3.63) is 11.6 Å². The molecule has 0 saturated heterocycles. The molecule has 33 heavy (non-hydrogen) atoms. The fraction of sp³-hybridized carbons (Fsp3) is 0.926. The molecule has 0 spiro atoms. The summed E-state index contributed by atoms with van der Waals surface area (Å²) in [6.07, 6.45) is 15.1. The van der Waals surface area contributed by atoms with Crippen molar-refractivity contribution < 1.29 is 17.2 Å². The molecule has 3 saturated carbocycles. The van der Waals surface area contributed by atoms with E-state index in [1.807, 2.05) is 0 Å². The Bertz CT molecular complexity index is 824. The third kappa shape index (κ3) is 5.74. The van der Waals surface area contributed by atoms with E-state index in [-0.39, 0.29) is 43.2 Å². The molecule has 0 bridgehead atoms. The standard InChI is InChI=1S/C27H46O4S.Ca.2H/c1-18(2)7-6-8-19(3)23-11-12-24-22-10-9-20-17-21(31-32(28,29)30)13-15-26(20,4)25(22)14-16-27(23,24)5;;;/h9,18-19,21-25H,6-8,10-17H2,1-5H3,(H,28,29,30);;;/t19-,21+,22+,23-,24+,25+,26+,27-;;;/m1.../s1. The van der Waals surface area contributed by atoms with Gasteiger partial charge in [-0.3, -0.25) is 4.55 Å². The zero-order valence-corrected chi connectivity index (χ0v) is 21.8. The number of hydrogen-bond acceptors (Lipinski definition) is 3. The van der Waals surface area contributed by atoms with Crippen LogP contribution in [0.1, 0.15) is 105 Å². The Hall–Kier alpha value is 0.870. The maximum atomic E-state index is 11.2. The molecule has 0 radical (unpaired) electrons. The second-order valence-corrected chi connectivity index (χ2v) is 13.7. The molecule has 0 aromatic heterocycles. The molecule has 0 aliphatic heterocycles. The molecule has 188 valence electrons. The molecule has 4 aliphatic carbocycles. The third-order valence-corrected chi connectivity index (χ3v) is 11.0. The summed E-state index contributed by atoms with van der Waals surface area (Å²) in [6.45, 7) is 12.3. The number of rotatable bonds is 7. The Labute approximate surface area is 233 Å². The van der Waals surface area contributed by atoms with Crippen LogP contribution in [-0.2, 0) is 14.6 Å². The van der Waals surface area contributed by atoms with Gasteiger partial charge in [-0.15, -0.1) is 0 Å². The Morgan fingerprint density at radius 3 is 2.45 bits per heavy atom. The van der Waals surface area contributed by atoms with Crippen molar-refractivity contribution in [3.63, 3.8) is 0 Å². The van der Waals surface area contributed by atoms with Crippen molar-refractivity contribution in [3.8, 4) is 0 Å². The van der Waals surface area contributed by atoms with Gasteiger partial charge in [0.2, 0.25) is 0 Å². The predicted molar refractivity (Wildman–Crippen MR) is 138 cm³/mol. The van der Waals surface area contributed by atoms with Crippen LogP contribution in [0, 0.1) is 46.3 Å². The molecule has 0 heterocycles. The van der Waals surface area contributed by atoms with Gasteiger partial charge in [0.05, 0.1) is 6.10 Å². The number of fused-ring (bicyclic) bond motifs is 5. The zero-order chi connectivity index (χ0) is 23.3. The summed E-state index contributed by atoms with van der Waals surface area (Å²) in [7, 11) is -4.38. The normalized spacial score (nSPS) is 41.4. The first-order chi connectivity index (χ1) is 14.9. The average Bonchev–Trinajstić information content (AvgIpc) is 3.04. The Morgan fingerprint density at radius 1 is 1.06 bits per heavy atom. The number of allylic oxidation sites excluding steroid dienone is 1. The van der Waals surface area contributed by atoms with E-state index < -0.39 is 16.5 Å². The summed E-state index contributed by atoms with van der Waals surface area (Å²) in [6, 6.07) is 0. The Balaban J connectivity index is 0.00000306. The molecular weight excluding hydrogens is 460 g/mol. The molecule has 4 nitrogen and oxygen atoms in total. The van der Waals surface area contributed by atoms with Gasteiger partial charge in [-0.25, -0.2) is 4.18 Å². The van der Waals surface area contributed by atoms with Gasteiger partial charge >= 0.3 is 48.1 Å². The van der Waals surface area contributed by atoms with E-state index in [0.717, 1.165) is 42.4 Å². The van der Waals surface area contributed by atoms with Crippen molar-refractivity contribution in [1.29, 1.82) is 0 Å². The van der Waals surface area contributed by atoms with Crippen LogP contribution in [0.5, 0.6) is 0 Å². The summed E-state index contributed by atoms with van der Waals surface area (Å²) in [5.41, 5.74) is 2.05. The van der Waals surface area contributed by atoms with Gasteiger partial charge in [0.25, 0.3) is 0 Å². The van der Waals surface area contributed by atoms with Gasteiger partial charge in [-0.2, -0.15) is 8.42 Å². The van der Waals surface area contributed by atoms with E-state index in [1.165, 1.54) is 50.5 Å². The quantitative estimate of drug-likeness (QED) is 0.249. The first kappa shape index (κ1) is 28.4. The van der Waals surface area contributed by atoms with Gasteiger partial charge < -0.3 is 0 Å². The van der Waals surface area contributed by atoms with E-state index in [1.54, 1.807) is 0 Å². The molecule has 0 aromatic rings. The Kier molecular flexibility index (Phi) is 9.22. The summed E-state index contributed by atoms with van der Waals surface area (Å²) in [5.74, 6) is 4.83. The van der Waals surface area contributed by atoms with Crippen molar-refractivity contribution in [2.75, 3.05) is 0 Å². The van der Waals surface area contributed by atoms with E-state index in [9.17, 15) is 8.42 Å². The molecule has 4 aliphatic rings. The van der Waals surface area contributed by atoms with Crippen molar-refractivity contribution >= 4 is 48.1 Å². The van der Waals surface area contributed by atoms with Crippen LogP contribution in [0.25, 0.3) is 0 Å². The summed E-state index contributed by atoms with van der Waals surface area (Å²) < 4.78 is 36.6. The van der Waals surface area contributed by atoms with E-state index >= 15 is 0 Å². The molecule has 1 N–H and O–H groups in total. The molecule has 6 heteroatoms. The SMILES string of the molecule is CC(C)CCC[C@@H](C)[C@H]1CC[C@H]2[C@@H]3CC=C4C[C@@H](OS(=O)(=O)O)CC[C@]4(C)[C@H]3CC[C@]12C.[CaH2]. The molecule has 3 fully saturated rings. The van der Waals surface area contributed by atoms with Crippen LogP contribution in [0.2, 0.25) is 0 Å². The fourth-order valence-corrected chi connectivity index (χ4v) is 9.41. The first-order valence-corrected chi connectivity index (χ1v) is 14.7. The van der Waals surface area contributed by atoms with Crippen LogP contribution in [0.4, 0.5) is 0 Å². The molecule has 0 unspecified atom stereocenters. The van der Waals surface area contributed by atoms with Crippen LogP contribution >= 0.6 is 0 Å². The second kappa shape index (κ2) is 10.7. The fourth-order valence-electron chi connectivity index (χ4n) is 8.91. The van der Waals surface area contributed by atoms with Crippen LogP contribution in [0.3, 0.4) is 0 Å². The van der Waals surface area contributed by atoms with Crippen molar-refractivity contribution in [1.82, 2.24) is 0 Å². The van der Waals surface area contributed by atoms with E-state index in [0.29, 0.717) is 24.2 Å². The van der Waals surface area contributed by atoms with Crippen LogP contribution < -0.4 is 0 Å². The molecule has 0 amide bonds. The third-order valence-electron chi connectivity index (χ3n) is 10.5. The van der Waals surface area contributed by atoms with Gasteiger partial charge in [-0.1, -0.05) is 65.5 Å². The van der Waals surface area contributed by atoms with Crippen molar-refractivity contribution in [2.24, 2.45) is 46.3 Å². The van der Waals surface area contributed by atoms with E-state index in [4.69, 9.17) is 8.74 Å². The van der Waals surface area contributed by atoms with Crippen LogP contribution in [-0.4, -0.2) is 56.8 Å². The predicted octanol–water partition coefficient (Wildman–Crippen LogP) is 6.30. The minimum atomic E-state index is -4.38. The topological polar surface area (TPSA) is 63.6 Å². The van der Waals surface area contributed by atoms with Gasteiger partial charge in [0, 0.05) is 0 Å². The van der Waals surface area contributed by atoms with Crippen LogP contribution in [0.15, 0.2) is 11.6 Å². The minimum absolute atomic E-state index is 0. The maximum absolute atomic E-state index is 11.2. The molecule has 4 rings (SSSR count). The van der Waals surface area contributed by atoms with Crippen molar-refractivity contribution in [2.45, 2.75) is 111 Å². The molecule has 8 atom stereocenters. The van der Waals surface area contributed by atoms with Gasteiger partial charge in [0.1, 0.15) is 0 Å². The first-order valence-electron chi connectivity index (χ1n) is 13.3. The van der Waals surface area contributed by atoms with E-state index in [2.05, 4.69) is 40.7 Å². The monoisotopic (exact) mass is 508 g/mol. The van der Waals surface area contributed by atoms with Gasteiger partial charge in [-0.05, 0) is 97.7 Å². The molecule has 0 aromatic carbocycles. The zero-order valence-electron chi connectivity index (χ0n) is 21.0. The van der Waals surface area contributed by atoms with Gasteiger partial charge in [0.15, 0.2) is 0 Å². The summed E-state index contributed by atoms with van der Waals surface area (Å²) in [4.78, 5) is 0. The molecular formula is C27H48CaO4S. The summed E-state index contributed by atoms with van der Waals surface area (Å²) >= 11 is 0. The average molecular weight is 509 g/mol. The second-order valence-electron chi connectivity index (χ2n) is 12.7. The Morgan fingerprint density at radius 2 is 1.79 bits per heavy atom.